The van der Waals surface area contributed by atoms with E-state index in [0.717, 1.165) is 27.8 Å². The second-order valence-corrected chi connectivity index (χ2v) is 9.41. The second-order valence-electron chi connectivity index (χ2n) is 7.71. The molecule has 0 saturated heterocycles. The number of hydrogen-bond donors (Lipinski definition) is 3. The van der Waals surface area contributed by atoms with Crippen LogP contribution in [0.4, 0.5) is 11.4 Å². The summed E-state index contributed by atoms with van der Waals surface area (Å²) in [5.74, 6) is -0.602. The van der Waals surface area contributed by atoms with E-state index in [1.807, 2.05) is 20.8 Å². The highest BCUT2D eigenvalue weighted by Crippen LogP contribution is 2.29. The highest BCUT2D eigenvalue weighted by molar-refractivity contribution is 7.89. The molecule has 0 atom stereocenters. The van der Waals surface area contributed by atoms with Crippen LogP contribution in [0, 0.1) is 34.6 Å². The van der Waals surface area contributed by atoms with Crippen LogP contribution in [0.15, 0.2) is 29.2 Å². The number of anilines is 2. The van der Waals surface area contributed by atoms with Crippen molar-refractivity contribution in [2.24, 2.45) is 0 Å². The highest BCUT2D eigenvalue weighted by Gasteiger charge is 2.23. The summed E-state index contributed by atoms with van der Waals surface area (Å²) in [5, 5.41) is 5.37. The van der Waals surface area contributed by atoms with E-state index in [-0.39, 0.29) is 36.3 Å². The van der Waals surface area contributed by atoms with Crippen molar-refractivity contribution in [3.63, 3.8) is 0 Å². The van der Waals surface area contributed by atoms with Gasteiger partial charge in [0.1, 0.15) is 6.61 Å². The summed E-state index contributed by atoms with van der Waals surface area (Å²) in [6, 6.07) is 6.60. The maximum Gasteiger partial charge on any atom is 0.250 e. The van der Waals surface area contributed by atoms with E-state index >= 15 is 0 Å². The average molecular weight is 462 g/mol. The topological polar surface area (TPSA) is 114 Å². The molecule has 8 nitrogen and oxygen atoms in total. The first-order valence-electron chi connectivity index (χ1n) is 10.2. The van der Waals surface area contributed by atoms with E-state index in [0.29, 0.717) is 11.4 Å². The molecule has 174 valence electrons. The van der Waals surface area contributed by atoms with Gasteiger partial charge >= 0.3 is 0 Å². The quantitative estimate of drug-likeness (QED) is 0.531. The van der Waals surface area contributed by atoms with Crippen LogP contribution in [0.5, 0.6) is 0 Å². The number of carbonyl (C=O) groups excluding carboxylic acids is 2. The van der Waals surface area contributed by atoms with Crippen LogP contribution in [0.1, 0.15) is 34.2 Å². The monoisotopic (exact) mass is 461 g/mol. The van der Waals surface area contributed by atoms with Crippen LogP contribution >= 0.6 is 0 Å². The number of ether oxygens (including phenoxy) is 1. The van der Waals surface area contributed by atoms with Gasteiger partial charge in [-0.3, -0.25) is 9.59 Å². The number of rotatable bonds is 9. The molecule has 32 heavy (non-hydrogen) atoms. The Morgan fingerprint density at radius 1 is 0.781 bits per heavy atom. The van der Waals surface area contributed by atoms with E-state index in [1.54, 1.807) is 38.1 Å². The van der Waals surface area contributed by atoms with Gasteiger partial charge in [0.15, 0.2) is 0 Å². The van der Waals surface area contributed by atoms with Gasteiger partial charge in [0.2, 0.25) is 21.8 Å². The zero-order valence-electron chi connectivity index (χ0n) is 19.4. The van der Waals surface area contributed by atoms with E-state index in [1.165, 1.54) is 7.11 Å². The van der Waals surface area contributed by atoms with Crippen molar-refractivity contribution in [2.75, 3.05) is 30.9 Å². The normalized spacial score (nSPS) is 11.3. The van der Waals surface area contributed by atoms with Gasteiger partial charge in [-0.15, -0.1) is 0 Å². The predicted octanol–water partition coefficient (Wildman–Crippen LogP) is 3.12. The minimum Gasteiger partial charge on any atom is -0.375 e. The Balaban J connectivity index is 1.96. The van der Waals surface area contributed by atoms with Gasteiger partial charge < -0.3 is 15.4 Å². The van der Waals surface area contributed by atoms with Crippen molar-refractivity contribution in [2.45, 2.75) is 45.9 Å². The van der Waals surface area contributed by atoms with Crippen LogP contribution in [-0.4, -0.2) is 40.5 Å². The Morgan fingerprint density at radius 2 is 1.22 bits per heavy atom. The Bertz CT molecular complexity index is 1080. The van der Waals surface area contributed by atoms with Gasteiger partial charge in [-0.2, -0.15) is 0 Å². The molecule has 2 aromatic rings. The Labute approximate surface area is 189 Å². The van der Waals surface area contributed by atoms with Crippen LogP contribution in [0.25, 0.3) is 0 Å². The van der Waals surface area contributed by atoms with Gasteiger partial charge in [0.05, 0.1) is 4.90 Å². The molecule has 0 aromatic heterocycles. The molecule has 0 saturated carbocycles. The van der Waals surface area contributed by atoms with Gasteiger partial charge in [-0.25, -0.2) is 13.1 Å². The molecule has 0 aliphatic carbocycles. The highest BCUT2D eigenvalue weighted by atomic mass is 32.2. The largest absolute Gasteiger partial charge is 0.375 e. The first-order valence-corrected chi connectivity index (χ1v) is 11.7. The lowest BCUT2D eigenvalue weighted by atomic mass is 9.95. The minimum absolute atomic E-state index is 0.0204. The maximum absolute atomic E-state index is 12.9. The van der Waals surface area contributed by atoms with Crippen LogP contribution in [0.2, 0.25) is 0 Å². The lowest BCUT2D eigenvalue weighted by molar-refractivity contribution is -0.119. The molecule has 0 fully saturated rings. The van der Waals surface area contributed by atoms with E-state index < -0.39 is 10.0 Å². The SMILES string of the molecule is COCC(=O)Nc1ccc(NC(=O)CCNS(=O)(=O)c2c(C)c(C)c(C)c(C)c2C)cc1. The molecule has 9 heteroatoms. The summed E-state index contributed by atoms with van der Waals surface area (Å²) in [6.07, 6.45) is -0.0204. The number of amides is 2. The molecule has 0 aliphatic heterocycles. The predicted molar refractivity (Wildman–Crippen MR) is 126 cm³/mol. The number of hydrogen-bond acceptors (Lipinski definition) is 5. The third-order valence-electron chi connectivity index (χ3n) is 5.57. The summed E-state index contributed by atoms with van der Waals surface area (Å²) < 4.78 is 33.1. The minimum atomic E-state index is -3.75. The number of methoxy groups -OCH3 is 1. The molecular weight excluding hydrogens is 430 g/mol. The first kappa shape index (κ1) is 25.5. The van der Waals surface area contributed by atoms with Crippen LogP contribution < -0.4 is 15.4 Å². The number of sulfonamides is 1. The summed E-state index contributed by atoms with van der Waals surface area (Å²) >= 11 is 0. The molecule has 2 rings (SSSR count). The number of nitrogens with one attached hydrogen (secondary N) is 3. The van der Waals surface area contributed by atoms with E-state index in [4.69, 9.17) is 4.74 Å². The van der Waals surface area contributed by atoms with Crippen molar-refractivity contribution < 1.29 is 22.7 Å². The first-order chi connectivity index (χ1) is 15.0. The fourth-order valence-electron chi connectivity index (χ4n) is 3.43. The maximum atomic E-state index is 12.9. The summed E-state index contributed by atoms with van der Waals surface area (Å²) in [6.45, 7) is 9.35. The smallest absolute Gasteiger partial charge is 0.250 e. The molecule has 2 aromatic carbocycles. The Morgan fingerprint density at radius 3 is 1.69 bits per heavy atom. The fourth-order valence-corrected chi connectivity index (χ4v) is 5.06. The number of carbonyl (C=O) groups is 2. The average Bonchev–Trinajstić information content (AvgIpc) is 2.72. The van der Waals surface area contributed by atoms with Crippen LogP contribution in [-0.2, 0) is 24.3 Å². The zero-order chi connectivity index (χ0) is 24.1. The molecule has 3 N–H and O–H groups in total. The van der Waals surface area contributed by atoms with Crippen molar-refractivity contribution in [1.29, 1.82) is 0 Å². The van der Waals surface area contributed by atoms with Gasteiger partial charge in [0.25, 0.3) is 0 Å². The third-order valence-corrected chi connectivity index (χ3v) is 7.31. The second kappa shape index (κ2) is 10.7. The van der Waals surface area contributed by atoms with E-state index in [2.05, 4.69) is 15.4 Å². The zero-order valence-corrected chi connectivity index (χ0v) is 20.2. The molecule has 2 amide bonds. The molecular formula is C23H31N3O5S. The fraction of sp³-hybridized carbons (Fsp3) is 0.391. The van der Waals surface area contributed by atoms with Crippen molar-refractivity contribution in [3.8, 4) is 0 Å². The lowest BCUT2D eigenvalue weighted by Gasteiger charge is -2.19. The van der Waals surface area contributed by atoms with Crippen molar-refractivity contribution in [1.82, 2.24) is 4.72 Å². The molecule has 0 radical (unpaired) electrons. The summed E-state index contributed by atoms with van der Waals surface area (Å²) in [5.41, 5.74) is 5.55. The molecule has 0 aliphatic rings. The van der Waals surface area contributed by atoms with Crippen LogP contribution in [0.3, 0.4) is 0 Å². The van der Waals surface area contributed by atoms with Gasteiger partial charge in [0, 0.05) is 31.5 Å². The van der Waals surface area contributed by atoms with E-state index in [9.17, 15) is 18.0 Å². The van der Waals surface area contributed by atoms with Crippen molar-refractivity contribution >= 4 is 33.2 Å². The molecule has 0 bridgehead atoms. The molecule has 0 heterocycles. The number of benzene rings is 2. The molecule has 0 spiro atoms. The Kier molecular flexibility index (Phi) is 8.54. The van der Waals surface area contributed by atoms with Gasteiger partial charge in [-0.1, -0.05) is 0 Å². The summed E-state index contributed by atoms with van der Waals surface area (Å²) in [4.78, 5) is 24.0. The standard InChI is InChI=1S/C23H31N3O5S/c1-14-15(2)17(4)23(18(5)16(14)3)32(29,30)24-12-11-21(27)25-19-7-9-20(10-8-19)26-22(28)13-31-6/h7-10,24H,11-13H2,1-6H3,(H,25,27)(H,26,28). The third kappa shape index (κ3) is 6.15. The lowest BCUT2D eigenvalue weighted by Crippen LogP contribution is -2.29. The summed E-state index contributed by atoms with van der Waals surface area (Å²) in [7, 11) is -2.32. The van der Waals surface area contributed by atoms with Gasteiger partial charge in [-0.05, 0) is 86.7 Å². The Hall–Kier alpha value is -2.75. The van der Waals surface area contributed by atoms with Crippen molar-refractivity contribution in [3.05, 3.63) is 52.1 Å². The molecule has 0 unspecified atom stereocenters.